The molecule has 7 heteroatoms. The molecule has 1 N–H and O–H groups in total. The molecule has 0 spiro atoms. The van der Waals surface area contributed by atoms with Gasteiger partial charge in [-0.25, -0.2) is 4.98 Å². The molecule has 0 aliphatic rings. The van der Waals surface area contributed by atoms with Crippen LogP contribution < -0.4 is 5.32 Å². The molecule has 0 atom stereocenters. The summed E-state index contributed by atoms with van der Waals surface area (Å²) in [6, 6.07) is 19.4. The van der Waals surface area contributed by atoms with Crippen molar-refractivity contribution in [1.29, 1.82) is 0 Å². The van der Waals surface area contributed by atoms with Gasteiger partial charge >= 0.3 is 0 Å². The van der Waals surface area contributed by atoms with Crippen LogP contribution in [0.25, 0.3) is 22.0 Å². The molecule has 0 fully saturated rings. The summed E-state index contributed by atoms with van der Waals surface area (Å²) >= 11 is 1.53. The molecular weight excluding hydrogens is 360 g/mol. The van der Waals surface area contributed by atoms with Crippen molar-refractivity contribution < 1.29 is 9.21 Å². The fourth-order valence-electron chi connectivity index (χ4n) is 2.53. The number of hydrogen-bond donors (Lipinski definition) is 1. The van der Waals surface area contributed by atoms with Gasteiger partial charge in [0.25, 0.3) is 0 Å². The predicted octanol–water partition coefficient (Wildman–Crippen LogP) is 3.72. The summed E-state index contributed by atoms with van der Waals surface area (Å²) < 4.78 is 5.58. The van der Waals surface area contributed by atoms with Gasteiger partial charge in [0.1, 0.15) is 5.01 Å². The zero-order valence-electron chi connectivity index (χ0n) is 14.3. The van der Waals surface area contributed by atoms with E-state index in [-0.39, 0.29) is 18.9 Å². The molecule has 0 saturated carbocycles. The van der Waals surface area contributed by atoms with Gasteiger partial charge in [0.2, 0.25) is 17.7 Å². The van der Waals surface area contributed by atoms with Gasteiger partial charge in [-0.1, -0.05) is 48.5 Å². The zero-order valence-corrected chi connectivity index (χ0v) is 15.1. The Hall–Kier alpha value is -3.32. The molecule has 0 aliphatic heterocycles. The van der Waals surface area contributed by atoms with Gasteiger partial charge in [0, 0.05) is 16.5 Å². The first kappa shape index (κ1) is 17.1. The van der Waals surface area contributed by atoms with E-state index in [4.69, 9.17) is 4.42 Å². The van der Waals surface area contributed by atoms with E-state index in [1.165, 1.54) is 11.3 Å². The van der Waals surface area contributed by atoms with Crippen molar-refractivity contribution in [3.63, 3.8) is 0 Å². The van der Waals surface area contributed by atoms with E-state index in [1.54, 1.807) is 0 Å². The number of aromatic nitrogens is 3. The smallest absolute Gasteiger partial charge is 0.247 e. The third-order valence-electron chi connectivity index (χ3n) is 3.84. The summed E-state index contributed by atoms with van der Waals surface area (Å²) in [5.41, 5.74) is 2.64. The first-order chi connectivity index (χ1) is 13.3. The molecule has 0 radical (unpaired) electrons. The van der Waals surface area contributed by atoms with Gasteiger partial charge in [-0.15, -0.1) is 21.5 Å². The van der Waals surface area contributed by atoms with E-state index in [1.807, 2.05) is 66.0 Å². The van der Waals surface area contributed by atoms with Crippen LogP contribution >= 0.6 is 11.3 Å². The van der Waals surface area contributed by atoms with Crippen molar-refractivity contribution in [3.8, 4) is 22.0 Å². The van der Waals surface area contributed by atoms with E-state index >= 15 is 0 Å². The minimum Gasteiger partial charge on any atom is -0.419 e. The van der Waals surface area contributed by atoms with Gasteiger partial charge < -0.3 is 9.73 Å². The third-order valence-corrected chi connectivity index (χ3v) is 4.78. The van der Waals surface area contributed by atoms with Crippen molar-refractivity contribution >= 4 is 17.2 Å². The van der Waals surface area contributed by atoms with Gasteiger partial charge in [0.15, 0.2) is 0 Å². The summed E-state index contributed by atoms with van der Waals surface area (Å²) in [5.74, 6) is 0.664. The molecule has 0 aliphatic carbocycles. The van der Waals surface area contributed by atoms with Crippen molar-refractivity contribution in [1.82, 2.24) is 20.5 Å². The molecular formula is C20H16N4O2S. The predicted molar refractivity (Wildman–Crippen MR) is 103 cm³/mol. The Morgan fingerprint density at radius 2 is 1.67 bits per heavy atom. The average Bonchev–Trinajstić information content (AvgIpc) is 3.37. The second kappa shape index (κ2) is 7.92. The van der Waals surface area contributed by atoms with Crippen LogP contribution in [-0.2, 0) is 17.8 Å². The number of carbonyl (C=O) groups excluding carboxylic acids is 1. The Balaban J connectivity index is 1.33. The van der Waals surface area contributed by atoms with Crippen molar-refractivity contribution in [3.05, 3.63) is 77.6 Å². The first-order valence-corrected chi connectivity index (χ1v) is 9.30. The summed E-state index contributed by atoms with van der Waals surface area (Å²) in [7, 11) is 0. The number of hydrogen-bond acceptors (Lipinski definition) is 6. The lowest BCUT2D eigenvalue weighted by atomic mass is 10.2. The highest BCUT2D eigenvalue weighted by molar-refractivity contribution is 7.13. The van der Waals surface area contributed by atoms with Crippen LogP contribution in [-0.4, -0.2) is 21.1 Å². The Morgan fingerprint density at radius 1 is 0.963 bits per heavy atom. The lowest BCUT2D eigenvalue weighted by Gasteiger charge is -2.00. The largest absolute Gasteiger partial charge is 0.419 e. The minimum atomic E-state index is -0.139. The van der Waals surface area contributed by atoms with E-state index in [0.29, 0.717) is 11.8 Å². The number of nitrogens with zero attached hydrogens (tertiary/aromatic N) is 3. The van der Waals surface area contributed by atoms with Crippen LogP contribution in [0.15, 0.2) is 70.5 Å². The van der Waals surface area contributed by atoms with Crippen LogP contribution in [0.1, 0.15) is 11.6 Å². The summed E-state index contributed by atoms with van der Waals surface area (Å²) in [6.45, 7) is 0.189. The van der Waals surface area contributed by atoms with Crippen molar-refractivity contribution in [2.75, 3.05) is 0 Å². The molecule has 2 heterocycles. The van der Waals surface area contributed by atoms with E-state index in [9.17, 15) is 4.79 Å². The zero-order chi connectivity index (χ0) is 18.5. The quantitative estimate of drug-likeness (QED) is 0.555. The van der Waals surface area contributed by atoms with Crippen molar-refractivity contribution in [2.45, 2.75) is 13.0 Å². The fourth-order valence-corrected chi connectivity index (χ4v) is 3.35. The Bertz CT molecular complexity index is 1030. The number of carbonyl (C=O) groups is 1. The Morgan fingerprint density at radius 3 is 2.41 bits per heavy atom. The number of amides is 1. The van der Waals surface area contributed by atoms with Crippen molar-refractivity contribution in [2.24, 2.45) is 0 Å². The second-order valence-corrected chi connectivity index (χ2v) is 6.69. The van der Waals surface area contributed by atoms with Crippen LogP contribution in [0.5, 0.6) is 0 Å². The molecule has 2 aromatic carbocycles. The molecule has 2 aromatic heterocycles. The maximum atomic E-state index is 12.2. The van der Waals surface area contributed by atoms with E-state index in [2.05, 4.69) is 20.5 Å². The summed E-state index contributed by atoms with van der Waals surface area (Å²) in [4.78, 5) is 16.7. The standard InChI is InChI=1S/C20H16N4O2S/c25-17(11-16-13-27-20(22-16)15-9-5-2-6-10-15)21-12-18-23-24-19(26-18)14-7-3-1-4-8-14/h1-10,13H,11-12H2,(H,21,25). The maximum absolute atomic E-state index is 12.2. The highest BCUT2D eigenvalue weighted by Crippen LogP contribution is 2.23. The lowest BCUT2D eigenvalue weighted by Crippen LogP contribution is -2.24. The summed E-state index contributed by atoms with van der Waals surface area (Å²) in [5, 5.41) is 13.6. The van der Waals surface area contributed by atoms with Gasteiger partial charge in [-0.2, -0.15) is 0 Å². The molecule has 27 heavy (non-hydrogen) atoms. The van der Waals surface area contributed by atoms with Gasteiger partial charge in [-0.3, -0.25) is 4.79 Å². The molecule has 4 aromatic rings. The monoisotopic (exact) mass is 376 g/mol. The number of benzene rings is 2. The van der Waals surface area contributed by atoms with Crippen LogP contribution in [0, 0.1) is 0 Å². The minimum absolute atomic E-state index is 0.139. The fraction of sp³-hybridized carbons (Fsp3) is 0.100. The number of rotatable bonds is 6. The Labute approximate surface area is 159 Å². The molecule has 1 amide bonds. The Kier molecular flexibility index (Phi) is 5.02. The maximum Gasteiger partial charge on any atom is 0.247 e. The molecule has 134 valence electrons. The molecule has 0 saturated heterocycles. The third kappa shape index (κ3) is 4.27. The van der Waals surface area contributed by atoms with Crippen LogP contribution in [0.2, 0.25) is 0 Å². The normalized spacial score (nSPS) is 10.7. The number of nitrogens with one attached hydrogen (secondary N) is 1. The van der Waals surface area contributed by atoms with E-state index in [0.717, 1.165) is 21.8 Å². The highest BCUT2D eigenvalue weighted by atomic mass is 32.1. The second-order valence-electron chi connectivity index (χ2n) is 5.83. The van der Waals surface area contributed by atoms with E-state index < -0.39 is 0 Å². The van der Waals surface area contributed by atoms with Crippen LogP contribution in [0.4, 0.5) is 0 Å². The van der Waals surface area contributed by atoms with Crippen LogP contribution in [0.3, 0.4) is 0 Å². The SMILES string of the molecule is O=C(Cc1csc(-c2ccccc2)n1)NCc1nnc(-c2ccccc2)o1. The molecule has 4 rings (SSSR count). The highest BCUT2D eigenvalue weighted by Gasteiger charge is 2.12. The van der Waals surface area contributed by atoms with Gasteiger partial charge in [-0.05, 0) is 12.1 Å². The molecule has 0 unspecified atom stereocenters. The molecule has 6 nitrogen and oxygen atoms in total. The molecule has 0 bridgehead atoms. The first-order valence-electron chi connectivity index (χ1n) is 8.42. The topological polar surface area (TPSA) is 80.9 Å². The van der Waals surface area contributed by atoms with Gasteiger partial charge in [0.05, 0.1) is 18.7 Å². The lowest BCUT2D eigenvalue weighted by molar-refractivity contribution is -0.120. The number of thiazole rings is 1. The average molecular weight is 376 g/mol. The summed E-state index contributed by atoms with van der Waals surface area (Å²) in [6.07, 6.45) is 0.211.